The Balaban J connectivity index is 1.90. The van der Waals surface area contributed by atoms with E-state index in [0.29, 0.717) is 24.3 Å². The van der Waals surface area contributed by atoms with Crippen molar-refractivity contribution in [3.8, 4) is 0 Å². The minimum absolute atomic E-state index is 0.0743. The molecule has 1 amide bonds. The summed E-state index contributed by atoms with van der Waals surface area (Å²) in [6, 6.07) is 2.81. The summed E-state index contributed by atoms with van der Waals surface area (Å²) in [6.45, 7) is 3.92. The molecular formula is C13H16N4O4. The van der Waals surface area contributed by atoms with Crippen LogP contribution in [0.3, 0.4) is 0 Å². The van der Waals surface area contributed by atoms with Crippen molar-refractivity contribution in [3.63, 3.8) is 0 Å². The van der Waals surface area contributed by atoms with Gasteiger partial charge in [0.15, 0.2) is 5.76 Å². The predicted molar refractivity (Wildman–Crippen MR) is 73.8 cm³/mol. The van der Waals surface area contributed by atoms with E-state index in [0.717, 1.165) is 0 Å². The molecule has 0 radical (unpaired) electrons. The number of nitro groups is 1. The Morgan fingerprint density at radius 2 is 2.19 bits per heavy atom. The number of hydrogen-bond donors (Lipinski definition) is 1. The summed E-state index contributed by atoms with van der Waals surface area (Å²) >= 11 is 0. The molecule has 1 unspecified atom stereocenters. The van der Waals surface area contributed by atoms with Crippen LogP contribution in [0.25, 0.3) is 0 Å². The highest BCUT2D eigenvalue weighted by molar-refractivity contribution is 6.05. The third-order valence-electron chi connectivity index (χ3n) is 4.02. The van der Waals surface area contributed by atoms with Crippen LogP contribution in [-0.2, 0) is 4.79 Å². The number of carbonyl (C=O) groups excluding carboxylic acids is 1. The van der Waals surface area contributed by atoms with Gasteiger partial charge in [-0.2, -0.15) is 5.10 Å². The summed E-state index contributed by atoms with van der Waals surface area (Å²) < 4.78 is 5.18. The number of nitrogens with zero attached hydrogens (tertiary/aromatic N) is 3. The van der Waals surface area contributed by atoms with Crippen LogP contribution in [0.15, 0.2) is 21.7 Å². The van der Waals surface area contributed by atoms with E-state index >= 15 is 0 Å². The van der Waals surface area contributed by atoms with Gasteiger partial charge in [-0.3, -0.25) is 19.9 Å². The number of nitrogens with one attached hydrogen (secondary N) is 1. The van der Waals surface area contributed by atoms with E-state index in [4.69, 9.17) is 4.42 Å². The zero-order valence-corrected chi connectivity index (χ0v) is 12.0. The second-order valence-electron chi connectivity index (χ2n) is 6.19. The molecule has 0 bridgehead atoms. The van der Waals surface area contributed by atoms with Crippen LogP contribution in [0.4, 0.5) is 5.88 Å². The van der Waals surface area contributed by atoms with E-state index in [-0.39, 0.29) is 17.3 Å². The number of furan rings is 1. The second-order valence-corrected chi connectivity index (χ2v) is 6.19. The highest BCUT2D eigenvalue weighted by Crippen LogP contribution is 2.40. The average molecular weight is 292 g/mol. The topological polar surface area (TPSA) is 101 Å². The monoisotopic (exact) mass is 292 g/mol. The summed E-state index contributed by atoms with van der Waals surface area (Å²) in [5.41, 5.74) is -0.482. The number of likely N-dealkylation sites (N-methyl/N-ethyl adjacent to an activating group) is 1. The van der Waals surface area contributed by atoms with Crippen LogP contribution in [0.5, 0.6) is 0 Å². The lowest BCUT2D eigenvalue weighted by molar-refractivity contribution is -0.402. The first-order chi connectivity index (χ1) is 9.73. The minimum Gasteiger partial charge on any atom is -0.399 e. The summed E-state index contributed by atoms with van der Waals surface area (Å²) in [5.74, 6) is -0.0646. The summed E-state index contributed by atoms with van der Waals surface area (Å²) in [7, 11) is 1.74. The third kappa shape index (κ3) is 1.98. The Morgan fingerprint density at radius 1 is 1.48 bits per heavy atom. The van der Waals surface area contributed by atoms with E-state index in [1.54, 1.807) is 12.1 Å². The molecule has 1 atom stereocenters. The molecule has 0 aliphatic carbocycles. The van der Waals surface area contributed by atoms with Crippen molar-refractivity contribution in [3.05, 3.63) is 28.0 Å². The summed E-state index contributed by atoms with van der Waals surface area (Å²) in [6.07, 6.45) is 0.995. The lowest BCUT2D eigenvalue weighted by Gasteiger charge is -2.28. The fourth-order valence-electron chi connectivity index (χ4n) is 3.10. The van der Waals surface area contributed by atoms with Crippen molar-refractivity contribution < 1.29 is 14.1 Å². The van der Waals surface area contributed by atoms with Crippen LogP contribution >= 0.6 is 0 Å². The fraction of sp³-hybridized carbons (Fsp3) is 0.538. The van der Waals surface area contributed by atoms with Crippen LogP contribution < -0.4 is 5.32 Å². The first kappa shape index (κ1) is 13.6. The van der Waals surface area contributed by atoms with Crippen molar-refractivity contribution in [1.29, 1.82) is 0 Å². The zero-order chi connectivity index (χ0) is 15.4. The zero-order valence-electron chi connectivity index (χ0n) is 12.0. The van der Waals surface area contributed by atoms with Crippen LogP contribution in [-0.4, -0.2) is 39.7 Å². The van der Waals surface area contributed by atoms with Crippen molar-refractivity contribution in [2.45, 2.75) is 37.8 Å². The van der Waals surface area contributed by atoms with Crippen molar-refractivity contribution >= 4 is 17.5 Å². The maximum absolute atomic E-state index is 12.3. The number of hydrogen-bond acceptors (Lipinski definition) is 6. The smallest absolute Gasteiger partial charge is 0.399 e. The molecule has 2 aliphatic rings. The molecule has 0 saturated carbocycles. The van der Waals surface area contributed by atoms with Gasteiger partial charge < -0.3 is 9.73 Å². The van der Waals surface area contributed by atoms with Crippen molar-refractivity contribution in [2.24, 2.45) is 5.10 Å². The Bertz CT molecular complexity index is 663. The van der Waals surface area contributed by atoms with Gasteiger partial charge in [0, 0.05) is 25.4 Å². The van der Waals surface area contributed by atoms with Crippen LogP contribution in [0, 0.1) is 10.1 Å². The molecule has 0 aromatic carbocycles. The van der Waals surface area contributed by atoms with Gasteiger partial charge in [-0.25, -0.2) is 0 Å². The Hall–Kier alpha value is -2.38. The number of amides is 1. The number of carbonyl (C=O) groups is 1. The molecule has 3 rings (SSSR count). The standard InChI is InChI=1S/C13H16N4O4/c1-12(2)7-13(11(18)14-12)6-8(15-16(13)3)9-4-5-10(21-9)17(19)20/h4-5H,6-7H2,1-3H3,(H,14,18). The SMILES string of the molecule is CN1N=C(c2ccc([N+](=O)[O-])o2)CC12CC(C)(C)NC2=O. The molecule has 8 nitrogen and oxygen atoms in total. The van der Waals surface area contributed by atoms with E-state index in [1.807, 2.05) is 13.8 Å². The molecule has 8 heteroatoms. The first-order valence-corrected chi connectivity index (χ1v) is 6.62. The Kier molecular flexibility index (Phi) is 2.63. The van der Waals surface area contributed by atoms with E-state index in [1.165, 1.54) is 12.1 Å². The second kappa shape index (κ2) is 4.06. The maximum atomic E-state index is 12.3. The third-order valence-corrected chi connectivity index (χ3v) is 4.02. The van der Waals surface area contributed by atoms with E-state index < -0.39 is 10.5 Å². The number of hydrazone groups is 1. The highest BCUT2D eigenvalue weighted by Gasteiger charge is 2.56. The molecule has 3 heterocycles. The summed E-state index contributed by atoms with van der Waals surface area (Å²) in [4.78, 5) is 22.4. The molecule has 21 heavy (non-hydrogen) atoms. The minimum atomic E-state index is -0.736. The van der Waals surface area contributed by atoms with Crippen molar-refractivity contribution in [2.75, 3.05) is 7.05 Å². The fourth-order valence-corrected chi connectivity index (χ4v) is 3.10. The van der Waals surface area contributed by atoms with E-state index in [9.17, 15) is 14.9 Å². The molecule has 1 aromatic rings. The summed E-state index contributed by atoms with van der Waals surface area (Å²) in [5, 5.41) is 19.6. The van der Waals surface area contributed by atoms with Gasteiger partial charge in [-0.05, 0) is 19.9 Å². The van der Waals surface area contributed by atoms with Gasteiger partial charge in [0.1, 0.15) is 16.2 Å². The van der Waals surface area contributed by atoms with Crippen LogP contribution in [0.1, 0.15) is 32.4 Å². The molecule has 1 fully saturated rings. The van der Waals surface area contributed by atoms with Crippen LogP contribution in [0.2, 0.25) is 0 Å². The molecule has 1 aromatic heterocycles. The molecule has 1 saturated heterocycles. The molecular weight excluding hydrogens is 276 g/mol. The average Bonchev–Trinajstić information content (AvgIpc) is 2.99. The van der Waals surface area contributed by atoms with Gasteiger partial charge >= 0.3 is 5.88 Å². The molecule has 112 valence electrons. The quantitative estimate of drug-likeness (QED) is 0.653. The van der Waals surface area contributed by atoms with Gasteiger partial charge in [0.2, 0.25) is 5.91 Å². The van der Waals surface area contributed by atoms with E-state index in [2.05, 4.69) is 10.4 Å². The number of rotatable bonds is 2. The first-order valence-electron chi connectivity index (χ1n) is 6.62. The van der Waals surface area contributed by atoms with Gasteiger partial charge in [0.25, 0.3) is 0 Å². The van der Waals surface area contributed by atoms with Gasteiger partial charge in [-0.1, -0.05) is 0 Å². The van der Waals surface area contributed by atoms with Gasteiger partial charge in [0.05, 0.1) is 6.07 Å². The molecule has 1 N–H and O–H groups in total. The largest absolute Gasteiger partial charge is 0.433 e. The lowest BCUT2D eigenvalue weighted by Crippen LogP contribution is -2.47. The normalized spacial score (nSPS) is 27.1. The highest BCUT2D eigenvalue weighted by atomic mass is 16.6. The Labute approximate surface area is 120 Å². The van der Waals surface area contributed by atoms with Crippen molar-refractivity contribution in [1.82, 2.24) is 10.3 Å². The Morgan fingerprint density at radius 3 is 2.71 bits per heavy atom. The lowest BCUT2D eigenvalue weighted by atomic mass is 9.85. The predicted octanol–water partition coefficient (Wildman–Crippen LogP) is 1.26. The molecule has 1 spiro atoms. The van der Waals surface area contributed by atoms with Gasteiger partial charge in [-0.15, -0.1) is 0 Å². The maximum Gasteiger partial charge on any atom is 0.433 e. The molecule has 2 aliphatic heterocycles.